The summed E-state index contributed by atoms with van der Waals surface area (Å²) >= 11 is 0. The number of rotatable bonds is 3. The van der Waals surface area contributed by atoms with Crippen molar-refractivity contribution in [3.05, 3.63) is 29.8 Å². The Morgan fingerprint density at radius 3 is 2.41 bits per heavy atom. The van der Waals surface area contributed by atoms with Crippen molar-refractivity contribution in [3.63, 3.8) is 0 Å². The van der Waals surface area contributed by atoms with Gasteiger partial charge in [-0.2, -0.15) is 13.2 Å². The number of carbonyl (C=O) groups excluding carboxylic acids is 1. The second-order valence-corrected chi connectivity index (χ2v) is 7.48. The van der Waals surface area contributed by atoms with Gasteiger partial charge in [0.05, 0.1) is 18.8 Å². The number of fused-ring (bicyclic) bond motifs is 1. The van der Waals surface area contributed by atoms with Gasteiger partial charge < -0.3 is 19.8 Å². The lowest BCUT2D eigenvalue weighted by Crippen LogP contribution is -2.73. The van der Waals surface area contributed by atoms with E-state index >= 15 is 0 Å². The average Bonchev–Trinajstić information content (AvgIpc) is 2.62. The third-order valence-electron chi connectivity index (χ3n) is 5.99. The molecule has 1 aliphatic carbocycles. The topological polar surface area (TPSA) is 70.0 Å². The third-order valence-corrected chi connectivity index (χ3v) is 5.99. The van der Waals surface area contributed by atoms with E-state index in [1.165, 1.54) is 7.11 Å². The molecule has 1 aromatic rings. The number of piperidine rings is 1. The molecule has 3 atom stereocenters. The van der Waals surface area contributed by atoms with Gasteiger partial charge in [0.15, 0.2) is 0 Å². The monoisotopic (exact) mass is 387 g/mol. The number of nitrogens with zero attached hydrogens (tertiary/aromatic N) is 1. The normalized spacial score (nSPS) is 31.3. The van der Waals surface area contributed by atoms with E-state index in [0.29, 0.717) is 35.5 Å². The predicted octanol–water partition coefficient (Wildman–Crippen LogP) is 2.44. The van der Waals surface area contributed by atoms with Crippen LogP contribution in [0.4, 0.5) is 13.2 Å². The number of hydrogen-bond donors (Lipinski definition) is 2. The Hall–Kier alpha value is -1.80. The molecule has 150 valence electrons. The molecule has 27 heavy (non-hydrogen) atoms. The van der Waals surface area contributed by atoms with E-state index in [1.54, 1.807) is 24.3 Å². The molecule has 1 saturated carbocycles. The smallest absolute Gasteiger partial charge is 0.471 e. The molecule has 1 aromatic carbocycles. The molecule has 2 aliphatic rings. The maximum atomic E-state index is 13.1. The molecule has 1 amide bonds. The zero-order chi connectivity index (χ0) is 19.9. The molecular weight excluding hydrogens is 363 g/mol. The zero-order valence-corrected chi connectivity index (χ0v) is 15.1. The highest BCUT2D eigenvalue weighted by atomic mass is 19.4. The van der Waals surface area contributed by atoms with E-state index in [2.05, 4.69) is 0 Å². The number of likely N-dealkylation sites (tertiary alicyclic amines) is 1. The SMILES string of the molecule is COc1ccc(C[C@@H]2N(C(=O)C(F)(F)F)CC[C@@]3(O)CCCCC23O)cc1. The molecule has 8 heteroatoms. The quantitative estimate of drug-likeness (QED) is 0.836. The molecule has 1 heterocycles. The first-order chi connectivity index (χ1) is 12.6. The van der Waals surface area contributed by atoms with E-state index in [0.717, 1.165) is 0 Å². The highest BCUT2D eigenvalue weighted by Crippen LogP contribution is 2.48. The Labute approximate surface area is 155 Å². The van der Waals surface area contributed by atoms with Gasteiger partial charge in [0.1, 0.15) is 11.4 Å². The highest BCUT2D eigenvalue weighted by molar-refractivity contribution is 5.82. The number of hydrogen-bond acceptors (Lipinski definition) is 4. The Morgan fingerprint density at radius 1 is 1.19 bits per heavy atom. The standard InChI is InChI=1S/C19H24F3NO4/c1-27-14-6-4-13(5-7-14)12-15-18(26)9-3-2-8-17(18,25)10-11-23(15)16(24)19(20,21)22/h4-7,15,25-26H,2-3,8-12H2,1H3/t15-,17-,18?/m0/s1. The van der Waals surface area contributed by atoms with Gasteiger partial charge in [0, 0.05) is 6.54 Å². The first-order valence-electron chi connectivity index (χ1n) is 9.06. The summed E-state index contributed by atoms with van der Waals surface area (Å²) in [6, 6.07) is 5.57. The van der Waals surface area contributed by atoms with Crippen LogP contribution in [0.25, 0.3) is 0 Å². The number of carbonyl (C=O) groups is 1. The number of alkyl halides is 3. The molecule has 0 spiro atoms. The minimum absolute atomic E-state index is 0.0185. The molecule has 1 unspecified atom stereocenters. The molecule has 2 fully saturated rings. The molecule has 0 bridgehead atoms. The molecule has 0 radical (unpaired) electrons. The molecule has 2 N–H and O–H groups in total. The largest absolute Gasteiger partial charge is 0.497 e. The highest BCUT2D eigenvalue weighted by Gasteiger charge is 2.62. The van der Waals surface area contributed by atoms with Crippen molar-refractivity contribution in [1.82, 2.24) is 4.90 Å². The number of benzene rings is 1. The number of amides is 1. The minimum Gasteiger partial charge on any atom is -0.497 e. The van der Waals surface area contributed by atoms with Crippen molar-refractivity contribution < 1.29 is 32.9 Å². The summed E-state index contributed by atoms with van der Waals surface area (Å²) < 4.78 is 44.5. The number of halogens is 3. The number of ether oxygens (including phenoxy) is 1. The Kier molecular flexibility index (Phi) is 5.16. The minimum atomic E-state index is -5.03. The van der Waals surface area contributed by atoms with Crippen LogP contribution in [-0.2, 0) is 11.2 Å². The van der Waals surface area contributed by atoms with E-state index in [4.69, 9.17) is 4.74 Å². The van der Waals surface area contributed by atoms with Gasteiger partial charge in [0.2, 0.25) is 0 Å². The number of methoxy groups -OCH3 is 1. The molecular formula is C19H24F3NO4. The van der Waals surface area contributed by atoms with Crippen molar-refractivity contribution >= 4 is 5.91 Å². The lowest BCUT2D eigenvalue weighted by atomic mass is 9.62. The Balaban J connectivity index is 1.97. The van der Waals surface area contributed by atoms with Crippen molar-refractivity contribution in [2.45, 2.75) is 61.9 Å². The average molecular weight is 387 g/mol. The van der Waals surface area contributed by atoms with Crippen LogP contribution in [0.5, 0.6) is 5.75 Å². The van der Waals surface area contributed by atoms with Gasteiger partial charge in [-0.05, 0) is 43.4 Å². The fraction of sp³-hybridized carbons (Fsp3) is 0.632. The van der Waals surface area contributed by atoms with Crippen molar-refractivity contribution in [2.75, 3.05) is 13.7 Å². The van der Waals surface area contributed by atoms with Gasteiger partial charge >= 0.3 is 12.1 Å². The second-order valence-electron chi connectivity index (χ2n) is 7.48. The van der Waals surface area contributed by atoms with Crippen LogP contribution in [0.3, 0.4) is 0 Å². The fourth-order valence-electron chi connectivity index (χ4n) is 4.47. The lowest BCUT2D eigenvalue weighted by Gasteiger charge is -2.58. The van der Waals surface area contributed by atoms with Crippen LogP contribution >= 0.6 is 0 Å². The summed E-state index contributed by atoms with van der Waals surface area (Å²) in [6.45, 7) is -0.238. The van der Waals surface area contributed by atoms with Gasteiger partial charge in [-0.3, -0.25) is 4.79 Å². The third kappa shape index (κ3) is 3.52. The molecule has 1 aliphatic heterocycles. The Morgan fingerprint density at radius 2 is 1.81 bits per heavy atom. The van der Waals surface area contributed by atoms with Crippen LogP contribution in [0, 0.1) is 0 Å². The summed E-state index contributed by atoms with van der Waals surface area (Å²) in [4.78, 5) is 12.7. The van der Waals surface area contributed by atoms with Gasteiger partial charge in [0.25, 0.3) is 0 Å². The van der Waals surface area contributed by atoms with Crippen LogP contribution in [-0.4, -0.2) is 58.1 Å². The molecule has 5 nitrogen and oxygen atoms in total. The fourth-order valence-corrected chi connectivity index (χ4v) is 4.47. The zero-order valence-electron chi connectivity index (χ0n) is 15.1. The molecule has 1 saturated heterocycles. The molecule has 0 aromatic heterocycles. The van der Waals surface area contributed by atoms with Crippen molar-refractivity contribution in [2.24, 2.45) is 0 Å². The first-order valence-corrected chi connectivity index (χ1v) is 9.06. The summed E-state index contributed by atoms with van der Waals surface area (Å²) in [7, 11) is 1.50. The lowest BCUT2D eigenvalue weighted by molar-refractivity contribution is -0.244. The second kappa shape index (κ2) is 6.98. The van der Waals surface area contributed by atoms with Gasteiger partial charge in [-0.15, -0.1) is 0 Å². The summed E-state index contributed by atoms with van der Waals surface area (Å²) in [5.74, 6) is -1.37. The van der Waals surface area contributed by atoms with Crippen molar-refractivity contribution in [3.8, 4) is 5.75 Å². The van der Waals surface area contributed by atoms with Gasteiger partial charge in [-0.1, -0.05) is 25.0 Å². The Bertz CT molecular complexity index is 693. The first kappa shape index (κ1) is 19.9. The summed E-state index contributed by atoms with van der Waals surface area (Å²) in [6.07, 6.45) is -3.32. The summed E-state index contributed by atoms with van der Waals surface area (Å²) in [5.41, 5.74) is -2.60. The van der Waals surface area contributed by atoms with Crippen LogP contribution in [0.15, 0.2) is 24.3 Å². The van der Waals surface area contributed by atoms with E-state index < -0.39 is 29.3 Å². The maximum Gasteiger partial charge on any atom is 0.471 e. The van der Waals surface area contributed by atoms with E-state index in [-0.39, 0.29) is 25.8 Å². The van der Waals surface area contributed by atoms with E-state index in [1.807, 2.05) is 0 Å². The molecule has 3 rings (SSSR count). The van der Waals surface area contributed by atoms with Crippen LogP contribution in [0.1, 0.15) is 37.7 Å². The maximum absolute atomic E-state index is 13.1. The van der Waals surface area contributed by atoms with E-state index in [9.17, 15) is 28.2 Å². The van der Waals surface area contributed by atoms with Crippen molar-refractivity contribution in [1.29, 1.82) is 0 Å². The number of aliphatic hydroxyl groups is 2. The van der Waals surface area contributed by atoms with Crippen LogP contribution in [0.2, 0.25) is 0 Å². The van der Waals surface area contributed by atoms with Gasteiger partial charge in [-0.25, -0.2) is 0 Å². The predicted molar refractivity (Wildman–Crippen MR) is 91.2 cm³/mol. The van der Waals surface area contributed by atoms with Crippen LogP contribution < -0.4 is 4.74 Å². The summed E-state index contributed by atoms with van der Waals surface area (Å²) in [5, 5.41) is 22.3.